The lowest BCUT2D eigenvalue weighted by Gasteiger charge is -2.09. The van der Waals surface area contributed by atoms with Crippen LogP contribution in [0.4, 0.5) is 10.6 Å². The predicted molar refractivity (Wildman–Crippen MR) is 80.5 cm³/mol. The summed E-state index contributed by atoms with van der Waals surface area (Å²) in [5, 5.41) is 16.2. The maximum atomic E-state index is 11.8. The smallest absolute Gasteiger partial charge is 0.412 e. The van der Waals surface area contributed by atoms with E-state index in [4.69, 9.17) is 4.74 Å². The van der Waals surface area contributed by atoms with Gasteiger partial charge in [0.25, 0.3) is 0 Å². The fourth-order valence-corrected chi connectivity index (χ4v) is 1.78. The van der Waals surface area contributed by atoms with Crippen molar-refractivity contribution in [2.24, 2.45) is 7.05 Å². The zero-order chi connectivity index (χ0) is 16.1. The average Bonchev–Trinajstić information content (AvgIpc) is 2.84. The molecule has 2 N–H and O–H groups in total. The van der Waals surface area contributed by atoms with Gasteiger partial charge in [-0.3, -0.25) is 10.00 Å². The number of rotatable bonds is 5. The standard InChI is InChI=1S/C14H19N5O3/c1-4-5-6-22-14(21)18-13-10(7-16-19(13)3)12-15-8-11(20)9(2)17-12/h7-8,20H,4-6H2,1-3H3,(H,18,21). The molecule has 2 aromatic rings. The van der Waals surface area contributed by atoms with Crippen LogP contribution in [0.15, 0.2) is 12.4 Å². The van der Waals surface area contributed by atoms with Crippen LogP contribution >= 0.6 is 0 Å². The lowest BCUT2D eigenvalue weighted by atomic mass is 10.3. The van der Waals surface area contributed by atoms with E-state index in [1.54, 1.807) is 20.2 Å². The minimum Gasteiger partial charge on any atom is -0.504 e. The van der Waals surface area contributed by atoms with Crippen LogP contribution in [0.1, 0.15) is 25.5 Å². The second-order valence-electron chi connectivity index (χ2n) is 4.81. The number of nitrogens with one attached hydrogen (secondary N) is 1. The Bertz CT molecular complexity index is 668. The summed E-state index contributed by atoms with van der Waals surface area (Å²) >= 11 is 0. The number of anilines is 1. The Hall–Kier alpha value is -2.64. The Balaban J connectivity index is 2.20. The average molecular weight is 305 g/mol. The van der Waals surface area contributed by atoms with E-state index in [0.717, 1.165) is 12.8 Å². The van der Waals surface area contributed by atoms with Crippen molar-refractivity contribution in [2.45, 2.75) is 26.7 Å². The quantitative estimate of drug-likeness (QED) is 0.821. The summed E-state index contributed by atoms with van der Waals surface area (Å²) in [5.41, 5.74) is 1.00. The van der Waals surface area contributed by atoms with Crippen molar-refractivity contribution in [3.8, 4) is 17.1 Å². The van der Waals surface area contributed by atoms with E-state index < -0.39 is 6.09 Å². The first-order valence-corrected chi connectivity index (χ1v) is 7.01. The molecule has 0 aliphatic rings. The maximum Gasteiger partial charge on any atom is 0.412 e. The fraction of sp³-hybridized carbons (Fsp3) is 0.429. The molecule has 8 nitrogen and oxygen atoms in total. The van der Waals surface area contributed by atoms with E-state index in [-0.39, 0.29) is 5.75 Å². The number of nitrogens with zero attached hydrogens (tertiary/aromatic N) is 4. The van der Waals surface area contributed by atoms with Gasteiger partial charge in [0, 0.05) is 7.05 Å². The summed E-state index contributed by atoms with van der Waals surface area (Å²) in [6.45, 7) is 4.05. The molecule has 0 aromatic carbocycles. The topological polar surface area (TPSA) is 102 Å². The molecule has 0 radical (unpaired) electrons. The third-order valence-electron chi connectivity index (χ3n) is 3.08. The first kappa shape index (κ1) is 15.7. The Labute approximate surface area is 128 Å². The summed E-state index contributed by atoms with van der Waals surface area (Å²) in [7, 11) is 1.69. The van der Waals surface area contributed by atoms with Gasteiger partial charge in [0.1, 0.15) is 5.82 Å². The molecule has 0 saturated heterocycles. The summed E-state index contributed by atoms with van der Waals surface area (Å²) in [6.07, 6.45) is 4.08. The van der Waals surface area contributed by atoms with Crippen molar-refractivity contribution in [1.82, 2.24) is 19.7 Å². The first-order valence-electron chi connectivity index (χ1n) is 7.01. The van der Waals surface area contributed by atoms with Crippen molar-refractivity contribution < 1.29 is 14.6 Å². The highest BCUT2D eigenvalue weighted by atomic mass is 16.5. The number of amides is 1. The second-order valence-corrected chi connectivity index (χ2v) is 4.81. The van der Waals surface area contributed by atoms with Gasteiger partial charge < -0.3 is 9.84 Å². The summed E-state index contributed by atoms with van der Waals surface area (Å²) < 4.78 is 6.57. The first-order chi connectivity index (χ1) is 10.5. The van der Waals surface area contributed by atoms with Crippen LogP contribution < -0.4 is 5.32 Å². The molecule has 118 valence electrons. The molecule has 0 fully saturated rings. The molecule has 2 aromatic heterocycles. The third kappa shape index (κ3) is 3.51. The molecule has 0 aliphatic carbocycles. The van der Waals surface area contributed by atoms with Crippen molar-refractivity contribution in [2.75, 3.05) is 11.9 Å². The fourth-order valence-electron chi connectivity index (χ4n) is 1.78. The van der Waals surface area contributed by atoms with Crippen LogP contribution in [-0.2, 0) is 11.8 Å². The second kappa shape index (κ2) is 6.88. The van der Waals surface area contributed by atoms with Crippen LogP contribution in [0.5, 0.6) is 5.75 Å². The van der Waals surface area contributed by atoms with E-state index in [1.165, 1.54) is 10.9 Å². The van der Waals surface area contributed by atoms with E-state index in [9.17, 15) is 9.90 Å². The maximum absolute atomic E-state index is 11.8. The van der Waals surface area contributed by atoms with Gasteiger partial charge in [-0.05, 0) is 13.3 Å². The zero-order valence-corrected chi connectivity index (χ0v) is 12.8. The molecular weight excluding hydrogens is 286 g/mol. The third-order valence-corrected chi connectivity index (χ3v) is 3.08. The molecule has 0 unspecified atom stereocenters. The Morgan fingerprint density at radius 2 is 2.23 bits per heavy atom. The normalized spacial score (nSPS) is 10.5. The number of aryl methyl sites for hydroxylation is 2. The van der Waals surface area contributed by atoms with Gasteiger partial charge in [-0.15, -0.1) is 0 Å². The van der Waals surface area contributed by atoms with Crippen LogP contribution in [0.25, 0.3) is 11.4 Å². The summed E-state index contributed by atoms with van der Waals surface area (Å²) in [4.78, 5) is 20.0. The molecule has 1 amide bonds. The Kier molecular flexibility index (Phi) is 4.92. The monoisotopic (exact) mass is 305 g/mol. The van der Waals surface area contributed by atoms with Crippen molar-refractivity contribution >= 4 is 11.9 Å². The van der Waals surface area contributed by atoms with Gasteiger partial charge in [-0.1, -0.05) is 13.3 Å². The molecular formula is C14H19N5O3. The Morgan fingerprint density at radius 1 is 1.45 bits per heavy atom. The largest absolute Gasteiger partial charge is 0.504 e. The van der Waals surface area contributed by atoms with Crippen molar-refractivity contribution in [1.29, 1.82) is 0 Å². The number of unbranched alkanes of at least 4 members (excludes halogenated alkanes) is 1. The van der Waals surface area contributed by atoms with Crippen LogP contribution in [0, 0.1) is 6.92 Å². The number of carbonyl (C=O) groups is 1. The number of hydrogen-bond acceptors (Lipinski definition) is 6. The van der Waals surface area contributed by atoms with Gasteiger partial charge in [0.05, 0.1) is 30.3 Å². The van der Waals surface area contributed by atoms with Gasteiger partial charge in [-0.2, -0.15) is 5.10 Å². The Morgan fingerprint density at radius 3 is 2.91 bits per heavy atom. The molecule has 0 saturated carbocycles. The van der Waals surface area contributed by atoms with E-state index >= 15 is 0 Å². The molecule has 0 atom stereocenters. The van der Waals surface area contributed by atoms with Crippen LogP contribution in [0.2, 0.25) is 0 Å². The van der Waals surface area contributed by atoms with Gasteiger partial charge in [0.2, 0.25) is 0 Å². The minimum atomic E-state index is -0.547. The number of aromatic nitrogens is 4. The minimum absolute atomic E-state index is 0.0149. The molecule has 8 heteroatoms. The van der Waals surface area contributed by atoms with Crippen molar-refractivity contribution in [3.05, 3.63) is 18.1 Å². The van der Waals surface area contributed by atoms with E-state index in [1.807, 2.05) is 6.92 Å². The zero-order valence-electron chi connectivity index (χ0n) is 12.8. The molecule has 2 rings (SSSR count). The van der Waals surface area contributed by atoms with Gasteiger partial charge in [0.15, 0.2) is 11.6 Å². The van der Waals surface area contributed by atoms with Crippen molar-refractivity contribution in [3.63, 3.8) is 0 Å². The number of ether oxygens (including phenoxy) is 1. The van der Waals surface area contributed by atoms with E-state index in [2.05, 4.69) is 20.4 Å². The van der Waals surface area contributed by atoms with Crippen LogP contribution in [-0.4, -0.2) is 37.6 Å². The summed E-state index contributed by atoms with van der Waals surface area (Å²) in [5.74, 6) is 0.819. The van der Waals surface area contributed by atoms with Crippen LogP contribution in [0.3, 0.4) is 0 Å². The van der Waals surface area contributed by atoms with Gasteiger partial charge >= 0.3 is 6.09 Å². The summed E-state index contributed by atoms with van der Waals surface area (Å²) in [6, 6.07) is 0. The lowest BCUT2D eigenvalue weighted by molar-refractivity contribution is 0.159. The molecule has 2 heterocycles. The van der Waals surface area contributed by atoms with Gasteiger partial charge in [-0.25, -0.2) is 14.8 Å². The highest BCUT2D eigenvalue weighted by molar-refractivity contribution is 5.88. The molecule has 22 heavy (non-hydrogen) atoms. The number of aromatic hydroxyl groups is 1. The number of carbonyl (C=O) groups excluding carboxylic acids is 1. The number of hydrogen-bond donors (Lipinski definition) is 2. The molecule has 0 spiro atoms. The predicted octanol–water partition coefficient (Wildman–Crippen LogP) is 2.24. The highest BCUT2D eigenvalue weighted by Crippen LogP contribution is 2.26. The molecule has 0 aliphatic heterocycles. The molecule has 0 bridgehead atoms. The SMILES string of the molecule is CCCCOC(=O)Nc1c(-c2ncc(O)c(C)n2)cnn1C. The highest BCUT2D eigenvalue weighted by Gasteiger charge is 2.17. The van der Waals surface area contributed by atoms with E-state index in [0.29, 0.717) is 29.5 Å². The lowest BCUT2D eigenvalue weighted by Crippen LogP contribution is -2.17.